The van der Waals surface area contributed by atoms with Crippen molar-refractivity contribution in [3.63, 3.8) is 0 Å². The fourth-order valence-corrected chi connectivity index (χ4v) is 3.04. The van der Waals surface area contributed by atoms with E-state index >= 15 is 0 Å². The Labute approximate surface area is 166 Å². The summed E-state index contributed by atoms with van der Waals surface area (Å²) in [6.45, 7) is 3.86. The standard InChI is InChI=1S/C24H26N2O2/c1-18(20-8-4-3-5-9-20)16-25-17-19-7-6-10-22(15-19)26-24(27)21-11-13-23(28-2)14-12-21/h3-15,18,25H,16-17H2,1-2H3,(H,26,27). The van der Waals surface area contributed by atoms with Gasteiger partial charge in [-0.15, -0.1) is 0 Å². The Morgan fingerprint density at radius 2 is 1.71 bits per heavy atom. The molecule has 0 saturated carbocycles. The number of ether oxygens (including phenoxy) is 1. The van der Waals surface area contributed by atoms with Gasteiger partial charge in [0, 0.05) is 24.3 Å². The zero-order valence-corrected chi connectivity index (χ0v) is 16.3. The van der Waals surface area contributed by atoms with Crippen LogP contribution in [0.4, 0.5) is 5.69 Å². The molecule has 3 aromatic carbocycles. The molecule has 3 aromatic rings. The van der Waals surface area contributed by atoms with Crippen molar-refractivity contribution in [3.05, 3.63) is 95.6 Å². The van der Waals surface area contributed by atoms with E-state index in [0.29, 0.717) is 11.5 Å². The molecule has 28 heavy (non-hydrogen) atoms. The van der Waals surface area contributed by atoms with Crippen LogP contribution < -0.4 is 15.4 Å². The third kappa shape index (κ3) is 5.44. The lowest BCUT2D eigenvalue weighted by Gasteiger charge is -2.13. The van der Waals surface area contributed by atoms with Crippen LogP contribution >= 0.6 is 0 Å². The molecule has 0 aromatic heterocycles. The van der Waals surface area contributed by atoms with Gasteiger partial charge in [-0.05, 0) is 53.4 Å². The summed E-state index contributed by atoms with van der Waals surface area (Å²) in [5, 5.41) is 6.45. The van der Waals surface area contributed by atoms with Crippen molar-refractivity contribution < 1.29 is 9.53 Å². The number of carbonyl (C=O) groups excluding carboxylic acids is 1. The van der Waals surface area contributed by atoms with Crippen molar-refractivity contribution in [2.45, 2.75) is 19.4 Å². The molecule has 0 heterocycles. The van der Waals surface area contributed by atoms with E-state index in [-0.39, 0.29) is 5.91 Å². The van der Waals surface area contributed by atoms with Gasteiger partial charge in [0.1, 0.15) is 5.75 Å². The summed E-state index contributed by atoms with van der Waals surface area (Å²) < 4.78 is 5.13. The smallest absolute Gasteiger partial charge is 0.255 e. The van der Waals surface area contributed by atoms with Crippen molar-refractivity contribution in [2.24, 2.45) is 0 Å². The first kappa shape index (κ1) is 19.6. The molecule has 0 aliphatic rings. The van der Waals surface area contributed by atoms with E-state index in [1.54, 1.807) is 31.4 Å². The van der Waals surface area contributed by atoms with Crippen LogP contribution in [0.15, 0.2) is 78.9 Å². The van der Waals surface area contributed by atoms with Gasteiger partial charge in [0.15, 0.2) is 0 Å². The first-order chi connectivity index (χ1) is 13.7. The van der Waals surface area contributed by atoms with Crippen LogP contribution in [0.1, 0.15) is 34.3 Å². The molecular weight excluding hydrogens is 348 g/mol. The minimum absolute atomic E-state index is 0.134. The Kier molecular flexibility index (Phi) is 6.82. The summed E-state index contributed by atoms with van der Waals surface area (Å²) in [4.78, 5) is 12.4. The number of anilines is 1. The van der Waals surface area contributed by atoms with Crippen LogP contribution in [0.25, 0.3) is 0 Å². The summed E-state index contributed by atoms with van der Waals surface area (Å²) >= 11 is 0. The Morgan fingerprint density at radius 1 is 0.964 bits per heavy atom. The molecule has 144 valence electrons. The van der Waals surface area contributed by atoms with Crippen LogP contribution in [0.3, 0.4) is 0 Å². The molecule has 2 N–H and O–H groups in total. The van der Waals surface area contributed by atoms with Gasteiger partial charge in [-0.1, -0.05) is 49.4 Å². The maximum atomic E-state index is 12.4. The summed E-state index contributed by atoms with van der Waals surface area (Å²) in [5.41, 5.74) is 3.85. The van der Waals surface area contributed by atoms with E-state index in [1.807, 2.05) is 24.3 Å². The summed E-state index contributed by atoms with van der Waals surface area (Å²) in [5.74, 6) is 1.04. The summed E-state index contributed by atoms with van der Waals surface area (Å²) in [6.07, 6.45) is 0. The van der Waals surface area contributed by atoms with Gasteiger partial charge in [-0.3, -0.25) is 4.79 Å². The molecular formula is C24H26N2O2. The van der Waals surface area contributed by atoms with Crippen molar-refractivity contribution in [2.75, 3.05) is 19.0 Å². The molecule has 0 aliphatic heterocycles. The van der Waals surface area contributed by atoms with Gasteiger partial charge in [-0.25, -0.2) is 0 Å². The molecule has 1 unspecified atom stereocenters. The molecule has 0 spiro atoms. The number of hydrogen-bond acceptors (Lipinski definition) is 3. The Balaban J connectivity index is 1.54. The van der Waals surface area contributed by atoms with Crippen molar-refractivity contribution in [1.29, 1.82) is 0 Å². The number of benzene rings is 3. The monoisotopic (exact) mass is 374 g/mol. The predicted octanol–water partition coefficient (Wildman–Crippen LogP) is 4.84. The number of methoxy groups -OCH3 is 1. The van der Waals surface area contributed by atoms with Crippen LogP contribution in [0, 0.1) is 0 Å². The quantitative estimate of drug-likeness (QED) is 0.593. The average Bonchev–Trinajstić information content (AvgIpc) is 2.74. The maximum absolute atomic E-state index is 12.4. The molecule has 0 aliphatic carbocycles. The fraction of sp³-hybridized carbons (Fsp3) is 0.208. The van der Waals surface area contributed by atoms with E-state index in [0.717, 1.165) is 30.1 Å². The van der Waals surface area contributed by atoms with Crippen LogP contribution in [-0.2, 0) is 6.54 Å². The normalized spacial score (nSPS) is 11.6. The Morgan fingerprint density at radius 3 is 2.43 bits per heavy atom. The van der Waals surface area contributed by atoms with Gasteiger partial charge in [-0.2, -0.15) is 0 Å². The molecule has 4 heteroatoms. The molecule has 3 rings (SSSR count). The van der Waals surface area contributed by atoms with E-state index in [2.05, 4.69) is 47.9 Å². The highest BCUT2D eigenvalue weighted by atomic mass is 16.5. The average molecular weight is 374 g/mol. The summed E-state index contributed by atoms with van der Waals surface area (Å²) in [6, 6.07) is 25.5. The van der Waals surface area contributed by atoms with Crippen LogP contribution in [0.5, 0.6) is 5.75 Å². The SMILES string of the molecule is COc1ccc(C(=O)Nc2cccc(CNCC(C)c3ccccc3)c2)cc1. The van der Waals surface area contributed by atoms with E-state index < -0.39 is 0 Å². The lowest BCUT2D eigenvalue weighted by atomic mass is 10.0. The number of carbonyl (C=O) groups is 1. The molecule has 1 amide bonds. The highest BCUT2D eigenvalue weighted by Crippen LogP contribution is 2.16. The minimum Gasteiger partial charge on any atom is -0.497 e. The van der Waals surface area contributed by atoms with Gasteiger partial charge in [0.2, 0.25) is 0 Å². The molecule has 0 saturated heterocycles. The molecule has 0 bridgehead atoms. The zero-order valence-electron chi connectivity index (χ0n) is 16.3. The van der Waals surface area contributed by atoms with E-state index in [9.17, 15) is 4.79 Å². The lowest BCUT2D eigenvalue weighted by molar-refractivity contribution is 0.102. The number of rotatable bonds is 8. The minimum atomic E-state index is -0.134. The third-order valence-electron chi connectivity index (χ3n) is 4.69. The first-order valence-corrected chi connectivity index (χ1v) is 9.45. The van der Waals surface area contributed by atoms with Crippen LogP contribution in [0.2, 0.25) is 0 Å². The largest absolute Gasteiger partial charge is 0.497 e. The fourth-order valence-electron chi connectivity index (χ4n) is 3.04. The van der Waals surface area contributed by atoms with Gasteiger partial charge in [0.05, 0.1) is 7.11 Å². The van der Waals surface area contributed by atoms with Crippen LogP contribution in [-0.4, -0.2) is 19.6 Å². The van der Waals surface area contributed by atoms with Crippen molar-refractivity contribution >= 4 is 11.6 Å². The first-order valence-electron chi connectivity index (χ1n) is 9.45. The lowest BCUT2D eigenvalue weighted by Crippen LogP contribution is -2.19. The number of amides is 1. The second kappa shape index (κ2) is 9.72. The number of nitrogens with one attached hydrogen (secondary N) is 2. The van der Waals surface area contributed by atoms with Gasteiger partial charge in [0.25, 0.3) is 5.91 Å². The van der Waals surface area contributed by atoms with Crippen molar-refractivity contribution in [3.8, 4) is 5.75 Å². The molecule has 4 nitrogen and oxygen atoms in total. The van der Waals surface area contributed by atoms with E-state index in [4.69, 9.17) is 4.74 Å². The predicted molar refractivity (Wildman–Crippen MR) is 114 cm³/mol. The third-order valence-corrected chi connectivity index (χ3v) is 4.69. The molecule has 0 radical (unpaired) electrons. The van der Waals surface area contributed by atoms with Gasteiger partial charge >= 0.3 is 0 Å². The highest BCUT2D eigenvalue weighted by Gasteiger charge is 2.07. The van der Waals surface area contributed by atoms with Crippen molar-refractivity contribution in [1.82, 2.24) is 5.32 Å². The Bertz CT molecular complexity index is 892. The topological polar surface area (TPSA) is 50.4 Å². The second-order valence-corrected chi connectivity index (χ2v) is 6.83. The molecule has 1 atom stereocenters. The van der Waals surface area contributed by atoms with Gasteiger partial charge < -0.3 is 15.4 Å². The summed E-state index contributed by atoms with van der Waals surface area (Å²) in [7, 11) is 1.61. The van der Waals surface area contributed by atoms with E-state index in [1.165, 1.54) is 5.56 Å². The maximum Gasteiger partial charge on any atom is 0.255 e. The Hall–Kier alpha value is -3.11. The number of hydrogen-bond donors (Lipinski definition) is 2. The zero-order chi connectivity index (χ0) is 19.8. The highest BCUT2D eigenvalue weighted by molar-refractivity contribution is 6.04. The molecule has 0 fully saturated rings. The second-order valence-electron chi connectivity index (χ2n) is 6.83.